The summed E-state index contributed by atoms with van der Waals surface area (Å²) in [5.74, 6) is -1.98. The van der Waals surface area contributed by atoms with Gasteiger partial charge < -0.3 is 38.7 Å². The molecule has 2 N–H and O–H groups in total. The quantitative estimate of drug-likeness (QED) is 0.0627. The molecule has 16 heteroatoms. The average Bonchev–Trinajstić information content (AvgIpc) is 4.33. The molecule has 0 spiro atoms. The molecule has 0 saturated heterocycles. The number of ether oxygens (including phenoxy) is 4. The van der Waals surface area contributed by atoms with Crippen molar-refractivity contribution in [3.63, 3.8) is 0 Å². The molecule has 0 fully saturated rings. The van der Waals surface area contributed by atoms with Gasteiger partial charge in [0.2, 0.25) is 0 Å². The molecule has 0 atom stereocenters. The summed E-state index contributed by atoms with van der Waals surface area (Å²) >= 11 is 0. The van der Waals surface area contributed by atoms with Gasteiger partial charge in [-0.25, -0.2) is 29.1 Å². The van der Waals surface area contributed by atoms with E-state index in [9.17, 15) is 29.4 Å². The molecule has 6 heterocycles. The van der Waals surface area contributed by atoms with Crippen LogP contribution in [-0.2, 0) is 55.3 Å². The summed E-state index contributed by atoms with van der Waals surface area (Å²) in [5.41, 5.74) is 14.2. The summed E-state index contributed by atoms with van der Waals surface area (Å²) in [4.78, 5) is 73.0. The second-order valence-electron chi connectivity index (χ2n) is 18.0. The third kappa shape index (κ3) is 9.97. The van der Waals surface area contributed by atoms with E-state index in [0.717, 1.165) is 27.7 Å². The van der Waals surface area contributed by atoms with Gasteiger partial charge in [-0.15, -0.1) is 11.0 Å². The Kier molecular flexibility index (Phi) is 15.5. The second-order valence-corrected chi connectivity index (χ2v) is 18.0. The van der Waals surface area contributed by atoms with E-state index >= 15 is 0 Å². The van der Waals surface area contributed by atoms with Crippen molar-refractivity contribution in [2.24, 2.45) is 7.05 Å². The molecule has 15 nitrogen and oxygen atoms in total. The number of nitrogens with zero attached hydrogens (tertiary/aromatic N) is 5. The molecular weight excluding hydrogens is 1020 g/mol. The molecule has 8 aromatic rings. The van der Waals surface area contributed by atoms with Crippen LogP contribution >= 0.6 is 0 Å². The number of methoxy groups -OCH3 is 4. The Labute approximate surface area is 452 Å². The number of esters is 4. The third-order valence-electron chi connectivity index (χ3n) is 13.6. The predicted molar refractivity (Wildman–Crippen MR) is 289 cm³/mol. The van der Waals surface area contributed by atoms with E-state index in [1.807, 2.05) is 98.1 Å². The van der Waals surface area contributed by atoms with E-state index in [1.54, 1.807) is 48.5 Å². The summed E-state index contributed by atoms with van der Waals surface area (Å²) in [7, 11) is 7.27. The first-order valence-electron chi connectivity index (χ1n) is 24.4. The van der Waals surface area contributed by atoms with Crippen LogP contribution in [-0.4, -0.2) is 95.3 Å². The van der Waals surface area contributed by atoms with Crippen LogP contribution in [0.25, 0.3) is 101 Å². The molecule has 2 aliphatic heterocycles. The van der Waals surface area contributed by atoms with Crippen LogP contribution in [0.4, 0.5) is 0 Å². The molecule has 0 saturated carbocycles. The molecule has 4 aromatic carbocycles. The monoisotopic (exact) mass is 1070 g/mol. The van der Waals surface area contributed by atoms with Gasteiger partial charge in [0.25, 0.3) is 0 Å². The van der Waals surface area contributed by atoms with Crippen LogP contribution < -0.4 is 4.98 Å². The van der Waals surface area contributed by atoms with Gasteiger partial charge >= 0.3 is 23.9 Å². The summed E-state index contributed by atoms with van der Waals surface area (Å²) in [6.45, 7) is -0.235. The third-order valence-corrected chi connectivity index (χ3v) is 13.6. The first kappa shape index (κ1) is 53.0. The normalized spacial score (nSPS) is 11.4. The van der Waals surface area contributed by atoms with Crippen LogP contribution in [0.15, 0.2) is 127 Å². The molecule has 0 radical (unpaired) electrons. The first-order chi connectivity index (χ1) is 37.0. The topological polar surface area (TPSA) is 203 Å². The first-order valence-corrected chi connectivity index (χ1v) is 24.4. The van der Waals surface area contributed by atoms with Crippen LogP contribution in [0.5, 0.6) is 0 Å². The number of aryl methyl sites for hydroxylation is 2. The van der Waals surface area contributed by atoms with E-state index in [0.29, 0.717) is 119 Å². The van der Waals surface area contributed by atoms with Gasteiger partial charge in [0.15, 0.2) is 0 Å². The zero-order chi connectivity index (χ0) is 53.2. The van der Waals surface area contributed by atoms with Gasteiger partial charge in [0.1, 0.15) is 0 Å². The zero-order valence-electron chi connectivity index (χ0n) is 42.5. The summed E-state index contributed by atoms with van der Waals surface area (Å²) in [6.07, 6.45) is 4.98. The molecule has 390 valence electrons. The van der Waals surface area contributed by atoms with Crippen molar-refractivity contribution in [2.75, 3.05) is 41.7 Å². The minimum Gasteiger partial charge on any atom is -0.657 e. The molecule has 10 rings (SSSR count). The smallest absolute Gasteiger partial charge is 0.337 e. The summed E-state index contributed by atoms with van der Waals surface area (Å²) in [5, 5.41) is 20.6. The van der Waals surface area contributed by atoms with Gasteiger partial charge in [0, 0.05) is 59.1 Å². The Morgan fingerprint density at radius 3 is 1.38 bits per heavy atom. The van der Waals surface area contributed by atoms with E-state index < -0.39 is 23.9 Å². The van der Waals surface area contributed by atoms with E-state index in [1.165, 1.54) is 28.4 Å². The van der Waals surface area contributed by atoms with Crippen LogP contribution in [0.1, 0.15) is 70.5 Å². The van der Waals surface area contributed by atoms with E-state index in [4.69, 9.17) is 38.9 Å². The molecule has 4 aromatic heterocycles. The predicted octanol–water partition coefficient (Wildman–Crippen LogP) is 10.1. The molecular formula is C61H50N5NiO10-. The van der Waals surface area contributed by atoms with E-state index in [-0.39, 0.29) is 36.1 Å². The van der Waals surface area contributed by atoms with Crippen LogP contribution in [0.3, 0.4) is 0 Å². The SMILES string of the molecule is COC(=O)c1ccc(-c2c3nc(c(-c4ccc(C(=O)OC)cc4)c4ccc(c(-c5ccc(C(=O)OC)cc5)c5nc(c(-c6ccc(C(=O)OC)cc6)c6ccc2[n-]6)-c2nc(CCCO)c(CCO)cc2-5)n4C)C=C3)cc1.[Ni]. The number of hydrogen-bond donors (Lipinski definition) is 2. The number of rotatable bonds is 13. The average molecular weight is 1070 g/mol. The van der Waals surface area contributed by atoms with Crippen molar-refractivity contribution >= 4 is 58.1 Å². The molecule has 2 aliphatic rings. The Balaban J connectivity index is 0.00000722. The number of aromatic nitrogens is 5. The van der Waals surface area contributed by atoms with Crippen molar-refractivity contribution in [3.05, 3.63) is 172 Å². The zero-order valence-corrected chi connectivity index (χ0v) is 43.5. The van der Waals surface area contributed by atoms with Crippen molar-refractivity contribution < 1.29 is 64.8 Å². The Bertz CT molecular complexity index is 3830. The number of carbonyl (C=O) groups excluding carboxylic acids is 4. The molecule has 0 amide bonds. The van der Waals surface area contributed by atoms with Crippen LogP contribution in [0, 0.1) is 0 Å². The Hall–Kier alpha value is -8.82. The number of hydrogen-bond acceptors (Lipinski definition) is 13. The van der Waals surface area contributed by atoms with Gasteiger partial charge in [-0.3, -0.25) is 4.98 Å². The van der Waals surface area contributed by atoms with Gasteiger partial charge in [-0.1, -0.05) is 60.7 Å². The fraction of sp³-hybridized carbons (Fsp3) is 0.164. The number of aliphatic hydroxyl groups is 2. The fourth-order valence-electron chi connectivity index (χ4n) is 9.87. The van der Waals surface area contributed by atoms with Crippen molar-refractivity contribution in [1.82, 2.24) is 24.5 Å². The molecule has 8 bridgehead atoms. The maximum Gasteiger partial charge on any atom is 0.337 e. The number of carbonyl (C=O) groups is 4. The Morgan fingerprint density at radius 1 is 0.481 bits per heavy atom. The molecule has 0 unspecified atom stereocenters. The fourth-order valence-corrected chi connectivity index (χ4v) is 9.87. The van der Waals surface area contributed by atoms with Gasteiger partial charge in [-0.05, 0) is 137 Å². The summed E-state index contributed by atoms with van der Waals surface area (Å²) in [6, 6.07) is 38.1. The van der Waals surface area contributed by atoms with E-state index in [2.05, 4.69) is 4.57 Å². The number of pyridine rings is 1. The number of benzene rings is 4. The van der Waals surface area contributed by atoms with Crippen molar-refractivity contribution in [1.29, 1.82) is 0 Å². The van der Waals surface area contributed by atoms with Crippen molar-refractivity contribution in [3.8, 4) is 67.2 Å². The standard InChI is InChI=1S/C61H51N5O10.Ni/c1-66-49-28-29-50(66)54(37-14-22-41(23-15-37)61(72)76-5)55-43-33-42(30-32-68)44(7-6-31-67)64-56(43)57(65-55)53(36-12-20-40(21-13-36)60(71)75-4)48-27-25-46(63-48)51(34-8-16-38(17-9-34)58(69)73-2)45-24-26-47(62-45)52(49)35-10-18-39(19-11-35)59(70)74-3;/h8-29,33,67-68H,6-7,30-32H2,1-5H3,(H,62,63,64,65,69,70,71,72);/p-1. The molecule has 77 heavy (non-hydrogen) atoms. The van der Waals surface area contributed by atoms with Gasteiger partial charge in [0.05, 0.1) is 90.2 Å². The molecule has 0 aliphatic carbocycles. The van der Waals surface area contributed by atoms with Crippen LogP contribution in [0.2, 0.25) is 0 Å². The van der Waals surface area contributed by atoms with Gasteiger partial charge in [-0.2, -0.15) is 0 Å². The number of aliphatic hydroxyl groups excluding tert-OH is 2. The van der Waals surface area contributed by atoms with Crippen molar-refractivity contribution in [2.45, 2.75) is 19.3 Å². The maximum atomic E-state index is 12.9. The summed E-state index contributed by atoms with van der Waals surface area (Å²) < 4.78 is 22.3. The number of fused-ring (bicyclic) bond motifs is 11. The Morgan fingerprint density at radius 2 is 0.909 bits per heavy atom. The minimum absolute atomic E-state index is 0. The largest absolute Gasteiger partial charge is 0.657 e. The second kappa shape index (κ2) is 22.6. The minimum atomic E-state index is -0.508. The maximum absolute atomic E-state index is 12.9.